The minimum Gasteiger partial charge on any atom is -0.508 e. The van der Waals surface area contributed by atoms with E-state index in [2.05, 4.69) is 18.3 Å². The predicted molar refractivity (Wildman–Crippen MR) is 79.5 cm³/mol. The van der Waals surface area contributed by atoms with Crippen molar-refractivity contribution in [1.82, 2.24) is 5.32 Å². The van der Waals surface area contributed by atoms with Gasteiger partial charge in [0.2, 0.25) is 5.91 Å². The topological polar surface area (TPSA) is 49.3 Å². The number of hydrogen-bond donors (Lipinski definition) is 2. The summed E-state index contributed by atoms with van der Waals surface area (Å²) in [4.78, 5) is 11.9. The second kappa shape index (κ2) is 6.75. The Labute approximate surface area is 119 Å². The van der Waals surface area contributed by atoms with Gasteiger partial charge >= 0.3 is 0 Å². The van der Waals surface area contributed by atoms with Gasteiger partial charge in [0, 0.05) is 12.1 Å². The fourth-order valence-corrected chi connectivity index (χ4v) is 2.16. The first kappa shape index (κ1) is 14.1. The summed E-state index contributed by atoms with van der Waals surface area (Å²) in [5.74, 6) is 0.0778. The second-order valence-corrected chi connectivity index (χ2v) is 4.70. The van der Waals surface area contributed by atoms with Crippen LogP contribution in [0.3, 0.4) is 0 Å². The van der Waals surface area contributed by atoms with Crippen LogP contribution in [0.1, 0.15) is 23.6 Å². The summed E-state index contributed by atoms with van der Waals surface area (Å²) in [6.07, 6.45) is 1.15. The van der Waals surface area contributed by atoms with Crippen molar-refractivity contribution in [3.8, 4) is 5.75 Å². The highest BCUT2D eigenvalue weighted by molar-refractivity contribution is 5.79. The zero-order chi connectivity index (χ0) is 14.4. The molecule has 0 saturated carbocycles. The molecule has 2 aromatic carbocycles. The third-order valence-electron chi connectivity index (χ3n) is 3.32. The van der Waals surface area contributed by atoms with E-state index in [0.717, 1.165) is 12.0 Å². The van der Waals surface area contributed by atoms with Gasteiger partial charge in [-0.05, 0) is 23.6 Å². The molecule has 2 aromatic rings. The van der Waals surface area contributed by atoms with Crippen LogP contribution in [0.25, 0.3) is 0 Å². The number of aryl methyl sites for hydroxylation is 1. The molecule has 0 aliphatic rings. The molecule has 2 rings (SSSR count). The third-order valence-corrected chi connectivity index (χ3v) is 3.32. The van der Waals surface area contributed by atoms with Crippen LogP contribution in [0.5, 0.6) is 5.75 Å². The fourth-order valence-electron chi connectivity index (χ4n) is 2.16. The molecule has 0 heterocycles. The summed E-state index contributed by atoms with van der Waals surface area (Å²) in [6.45, 7) is 2.62. The summed E-state index contributed by atoms with van der Waals surface area (Å²) in [6, 6.07) is 15.0. The summed E-state index contributed by atoms with van der Waals surface area (Å²) < 4.78 is 0. The molecule has 0 fully saturated rings. The van der Waals surface area contributed by atoms with Crippen LogP contribution in [0.2, 0.25) is 0 Å². The minimum absolute atomic E-state index is 0.0857. The molecular weight excluding hydrogens is 250 g/mol. The van der Waals surface area contributed by atoms with Crippen molar-refractivity contribution in [3.63, 3.8) is 0 Å². The molecule has 20 heavy (non-hydrogen) atoms. The van der Waals surface area contributed by atoms with Crippen molar-refractivity contribution in [3.05, 3.63) is 65.2 Å². The number of aromatic hydroxyl groups is 1. The van der Waals surface area contributed by atoms with Gasteiger partial charge in [0.05, 0.1) is 6.42 Å². The van der Waals surface area contributed by atoms with Crippen LogP contribution in [-0.2, 0) is 24.2 Å². The Morgan fingerprint density at radius 1 is 1.00 bits per heavy atom. The SMILES string of the molecule is CCc1ccccc1CNC(=O)Cc1ccccc1O. The number of carbonyl (C=O) groups is 1. The van der Waals surface area contributed by atoms with Crippen molar-refractivity contribution >= 4 is 5.91 Å². The molecule has 0 aromatic heterocycles. The largest absolute Gasteiger partial charge is 0.508 e. The summed E-state index contributed by atoms with van der Waals surface area (Å²) in [5.41, 5.74) is 3.03. The lowest BCUT2D eigenvalue weighted by molar-refractivity contribution is -0.120. The average Bonchev–Trinajstić information content (AvgIpc) is 2.48. The summed E-state index contributed by atoms with van der Waals surface area (Å²) >= 11 is 0. The first-order valence-electron chi connectivity index (χ1n) is 6.81. The van der Waals surface area contributed by atoms with E-state index < -0.39 is 0 Å². The smallest absolute Gasteiger partial charge is 0.224 e. The molecule has 1 amide bonds. The Bertz CT molecular complexity index is 593. The van der Waals surface area contributed by atoms with E-state index in [1.165, 1.54) is 5.56 Å². The number of benzene rings is 2. The van der Waals surface area contributed by atoms with Crippen LogP contribution < -0.4 is 5.32 Å². The minimum atomic E-state index is -0.0857. The average molecular weight is 269 g/mol. The molecule has 3 heteroatoms. The summed E-state index contributed by atoms with van der Waals surface area (Å²) in [7, 11) is 0. The van der Waals surface area contributed by atoms with Gasteiger partial charge in [0.25, 0.3) is 0 Å². The van der Waals surface area contributed by atoms with Crippen molar-refractivity contribution in [2.75, 3.05) is 0 Å². The number of amides is 1. The first-order valence-corrected chi connectivity index (χ1v) is 6.81. The highest BCUT2D eigenvalue weighted by atomic mass is 16.3. The fraction of sp³-hybridized carbons (Fsp3) is 0.235. The normalized spacial score (nSPS) is 10.2. The standard InChI is InChI=1S/C17H19NO2/c1-2-13-7-3-4-9-15(13)12-18-17(20)11-14-8-5-6-10-16(14)19/h3-10,19H,2,11-12H2,1H3,(H,18,20). The van der Waals surface area contributed by atoms with E-state index in [1.54, 1.807) is 18.2 Å². The van der Waals surface area contributed by atoms with E-state index in [-0.39, 0.29) is 18.1 Å². The van der Waals surface area contributed by atoms with E-state index in [0.29, 0.717) is 12.1 Å². The van der Waals surface area contributed by atoms with Gasteiger partial charge in [-0.3, -0.25) is 4.79 Å². The number of para-hydroxylation sites is 1. The molecular formula is C17H19NO2. The lowest BCUT2D eigenvalue weighted by Gasteiger charge is -2.10. The van der Waals surface area contributed by atoms with Crippen LogP contribution >= 0.6 is 0 Å². The van der Waals surface area contributed by atoms with Gasteiger partial charge in [-0.1, -0.05) is 49.4 Å². The van der Waals surface area contributed by atoms with Gasteiger partial charge in [0.15, 0.2) is 0 Å². The Morgan fingerprint density at radius 3 is 2.25 bits per heavy atom. The first-order chi connectivity index (χ1) is 9.70. The van der Waals surface area contributed by atoms with Gasteiger partial charge in [-0.25, -0.2) is 0 Å². The lowest BCUT2D eigenvalue weighted by Crippen LogP contribution is -2.25. The molecule has 2 N–H and O–H groups in total. The summed E-state index contributed by atoms with van der Waals surface area (Å²) in [5, 5.41) is 12.5. The Kier molecular flexibility index (Phi) is 4.77. The molecule has 0 bridgehead atoms. The van der Waals surface area contributed by atoms with Crippen molar-refractivity contribution in [2.24, 2.45) is 0 Å². The lowest BCUT2D eigenvalue weighted by atomic mass is 10.1. The van der Waals surface area contributed by atoms with Crippen molar-refractivity contribution < 1.29 is 9.90 Å². The third kappa shape index (κ3) is 3.60. The molecule has 0 atom stereocenters. The molecule has 0 aliphatic heterocycles. The Morgan fingerprint density at radius 2 is 1.60 bits per heavy atom. The van der Waals surface area contributed by atoms with Crippen molar-refractivity contribution in [2.45, 2.75) is 26.3 Å². The number of carbonyl (C=O) groups excluding carboxylic acids is 1. The van der Waals surface area contributed by atoms with E-state index >= 15 is 0 Å². The molecule has 0 unspecified atom stereocenters. The Balaban J connectivity index is 1.94. The van der Waals surface area contributed by atoms with Crippen LogP contribution in [-0.4, -0.2) is 11.0 Å². The maximum atomic E-state index is 11.9. The number of nitrogens with one attached hydrogen (secondary N) is 1. The molecule has 0 radical (unpaired) electrons. The maximum absolute atomic E-state index is 11.9. The highest BCUT2D eigenvalue weighted by Gasteiger charge is 2.07. The van der Waals surface area contributed by atoms with Gasteiger partial charge in [-0.15, -0.1) is 0 Å². The molecule has 0 spiro atoms. The zero-order valence-corrected chi connectivity index (χ0v) is 11.6. The number of rotatable bonds is 5. The van der Waals surface area contributed by atoms with Gasteiger partial charge < -0.3 is 10.4 Å². The van der Waals surface area contributed by atoms with E-state index in [1.807, 2.05) is 24.3 Å². The van der Waals surface area contributed by atoms with Gasteiger partial charge in [-0.2, -0.15) is 0 Å². The number of phenols is 1. The van der Waals surface area contributed by atoms with Crippen molar-refractivity contribution in [1.29, 1.82) is 0 Å². The van der Waals surface area contributed by atoms with Crippen LogP contribution in [0.15, 0.2) is 48.5 Å². The molecule has 104 valence electrons. The van der Waals surface area contributed by atoms with Gasteiger partial charge in [0.1, 0.15) is 5.75 Å². The monoisotopic (exact) mass is 269 g/mol. The van der Waals surface area contributed by atoms with E-state index in [9.17, 15) is 9.90 Å². The predicted octanol–water partition coefficient (Wildman–Crippen LogP) is 2.81. The Hall–Kier alpha value is -2.29. The second-order valence-electron chi connectivity index (χ2n) is 4.70. The molecule has 3 nitrogen and oxygen atoms in total. The van der Waals surface area contributed by atoms with Crippen LogP contribution in [0.4, 0.5) is 0 Å². The highest BCUT2D eigenvalue weighted by Crippen LogP contribution is 2.16. The molecule has 0 aliphatic carbocycles. The quantitative estimate of drug-likeness (QED) is 0.877. The number of phenolic OH excluding ortho intramolecular Hbond substituents is 1. The molecule has 0 saturated heterocycles. The van der Waals surface area contributed by atoms with E-state index in [4.69, 9.17) is 0 Å². The van der Waals surface area contributed by atoms with Crippen LogP contribution in [0, 0.1) is 0 Å². The maximum Gasteiger partial charge on any atom is 0.224 e. The zero-order valence-electron chi connectivity index (χ0n) is 11.6. The number of hydrogen-bond acceptors (Lipinski definition) is 2.